The van der Waals surface area contributed by atoms with E-state index in [2.05, 4.69) is 17.4 Å². The van der Waals surface area contributed by atoms with Crippen molar-refractivity contribution in [3.63, 3.8) is 0 Å². The summed E-state index contributed by atoms with van der Waals surface area (Å²) in [5.41, 5.74) is 8.61. The number of ether oxygens (including phenoxy) is 1. The Bertz CT molecular complexity index is 1610. The van der Waals surface area contributed by atoms with Crippen LogP contribution < -0.4 is 15.8 Å². The number of aliphatic imine (C=N–C) groups is 1. The molecule has 0 bridgehead atoms. The van der Waals surface area contributed by atoms with Crippen LogP contribution in [-0.4, -0.2) is 53.1 Å². The normalized spacial score (nSPS) is 12.2. The van der Waals surface area contributed by atoms with E-state index in [1.165, 1.54) is 0 Å². The molecule has 224 valence electrons. The molecule has 1 aromatic heterocycles. The van der Waals surface area contributed by atoms with Crippen LogP contribution >= 0.6 is 0 Å². The summed E-state index contributed by atoms with van der Waals surface area (Å²) >= 11 is 0. The molecule has 0 spiro atoms. The zero-order valence-electron chi connectivity index (χ0n) is 25.0. The molecule has 4 rings (SSSR count). The van der Waals surface area contributed by atoms with Crippen molar-refractivity contribution in [2.75, 3.05) is 20.3 Å². The topological polar surface area (TPSA) is 115 Å². The van der Waals surface area contributed by atoms with E-state index in [1.54, 1.807) is 30.7 Å². The van der Waals surface area contributed by atoms with E-state index in [4.69, 9.17) is 14.6 Å². The third-order valence-corrected chi connectivity index (χ3v) is 6.98. The van der Waals surface area contributed by atoms with Crippen LogP contribution in [-0.2, 0) is 22.5 Å². The van der Waals surface area contributed by atoms with Gasteiger partial charge in [0.15, 0.2) is 5.84 Å². The summed E-state index contributed by atoms with van der Waals surface area (Å²) in [6, 6.07) is 23.2. The first-order valence-corrected chi connectivity index (χ1v) is 14.4. The van der Waals surface area contributed by atoms with Gasteiger partial charge in [-0.2, -0.15) is 0 Å². The van der Waals surface area contributed by atoms with Crippen molar-refractivity contribution in [2.45, 2.75) is 46.1 Å². The predicted molar refractivity (Wildman–Crippen MR) is 168 cm³/mol. The molecule has 0 aliphatic heterocycles. The molecule has 0 aliphatic rings. The number of aryl methyl sites for hydroxylation is 2. The van der Waals surface area contributed by atoms with Crippen molar-refractivity contribution in [3.8, 4) is 22.6 Å². The fraction of sp³-hybridized carbons (Fsp3) is 0.294. The van der Waals surface area contributed by atoms with Gasteiger partial charge in [0.25, 0.3) is 5.56 Å². The molecule has 0 radical (unpaired) electrons. The first kappa shape index (κ1) is 31.3. The van der Waals surface area contributed by atoms with Gasteiger partial charge in [-0.3, -0.25) is 19.2 Å². The second kappa shape index (κ2) is 15.0. The van der Waals surface area contributed by atoms with E-state index in [-0.39, 0.29) is 24.9 Å². The third kappa shape index (κ3) is 7.63. The molecule has 0 saturated heterocycles. The van der Waals surface area contributed by atoms with Crippen molar-refractivity contribution in [1.82, 2.24) is 15.0 Å². The van der Waals surface area contributed by atoms with Crippen LogP contribution in [0.4, 0.5) is 0 Å². The van der Waals surface area contributed by atoms with Crippen molar-refractivity contribution in [2.24, 2.45) is 4.99 Å². The predicted octanol–water partition coefficient (Wildman–Crippen LogP) is 4.61. The molecule has 0 amide bonds. The summed E-state index contributed by atoms with van der Waals surface area (Å²) in [5, 5.41) is 9.28. The summed E-state index contributed by atoms with van der Waals surface area (Å²) in [7, 11) is 1.66. The van der Waals surface area contributed by atoms with Gasteiger partial charge in [0.05, 0.1) is 18.0 Å². The number of benzene rings is 3. The number of carbonyl (C=O) groups is 1. The summed E-state index contributed by atoms with van der Waals surface area (Å²) in [6.07, 6.45) is 2.38. The minimum Gasteiger partial charge on any atom is -0.488 e. The number of rotatable bonds is 13. The Balaban J connectivity index is 1.65. The first-order valence-electron chi connectivity index (χ1n) is 14.4. The standard InChI is InChI=1S/C34H38N4O5/c1-5-8-32-31(34(41)38(24(3)36-32)27-15-17-28(18-16-27)43-23(2)22-40)21-25-11-13-26(14-12-25)29-9-6-7-10-30(29)33(35-4)37-42-20-19-39/h6-7,9-19,23,40H,5,8,20-22H2,1-4H3,(H,35,37). The van der Waals surface area contributed by atoms with Gasteiger partial charge in [-0.15, -0.1) is 0 Å². The molecule has 2 N–H and O–H groups in total. The molecule has 1 heterocycles. The largest absolute Gasteiger partial charge is 0.488 e. The minimum absolute atomic E-state index is 0.0807. The zero-order valence-corrected chi connectivity index (χ0v) is 25.0. The first-order chi connectivity index (χ1) is 20.9. The molecule has 9 heteroatoms. The third-order valence-electron chi connectivity index (χ3n) is 6.98. The van der Waals surface area contributed by atoms with Crippen LogP contribution in [0, 0.1) is 6.92 Å². The number of aliphatic hydroxyl groups is 1. The number of amidine groups is 1. The maximum Gasteiger partial charge on any atom is 0.261 e. The number of aldehydes is 1. The van der Waals surface area contributed by atoms with Gasteiger partial charge in [0.2, 0.25) is 0 Å². The molecule has 0 aliphatic carbocycles. The molecular weight excluding hydrogens is 544 g/mol. The number of hydrogen-bond acceptors (Lipinski definition) is 7. The van der Waals surface area contributed by atoms with Gasteiger partial charge < -0.3 is 14.6 Å². The highest BCUT2D eigenvalue weighted by Gasteiger charge is 2.17. The maximum atomic E-state index is 14.0. The quantitative estimate of drug-likeness (QED) is 0.0778. The number of aromatic nitrogens is 2. The number of nitrogens with zero attached hydrogens (tertiary/aromatic N) is 3. The van der Waals surface area contributed by atoms with E-state index in [1.807, 2.05) is 67.6 Å². The fourth-order valence-corrected chi connectivity index (χ4v) is 4.90. The van der Waals surface area contributed by atoms with Gasteiger partial charge >= 0.3 is 0 Å². The van der Waals surface area contributed by atoms with Crippen LogP contribution in [0.5, 0.6) is 5.75 Å². The molecule has 0 fully saturated rings. The summed E-state index contributed by atoms with van der Waals surface area (Å²) in [6.45, 7) is 5.55. The van der Waals surface area contributed by atoms with Gasteiger partial charge in [-0.05, 0) is 61.2 Å². The Morgan fingerprint density at radius 3 is 2.47 bits per heavy atom. The lowest BCUT2D eigenvalue weighted by Crippen LogP contribution is -2.28. The molecule has 9 nitrogen and oxygen atoms in total. The van der Waals surface area contributed by atoms with Crippen LogP contribution in [0.1, 0.15) is 48.5 Å². The van der Waals surface area contributed by atoms with Crippen molar-refractivity contribution in [3.05, 3.63) is 111 Å². The van der Waals surface area contributed by atoms with E-state index >= 15 is 0 Å². The highest BCUT2D eigenvalue weighted by molar-refractivity contribution is 6.03. The number of hydrogen-bond donors (Lipinski definition) is 2. The average molecular weight is 583 g/mol. The van der Waals surface area contributed by atoms with Gasteiger partial charge in [-0.25, -0.2) is 10.5 Å². The molecule has 3 aromatic carbocycles. The number of nitrogens with one attached hydrogen (secondary N) is 1. The summed E-state index contributed by atoms with van der Waals surface area (Å²) in [5.74, 6) is 1.76. The zero-order chi connectivity index (χ0) is 30.8. The fourth-order valence-electron chi connectivity index (χ4n) is 4.90. The molecule has 43 heavy (non-hydrogen) atoms. The Morgan fingerprint density at radius 2 is 1.81 bits per heavy atom. The average Bonchev–Trinajstić information content (AvgIpc) is 3.02. The second-order valence-electron chi connectivity index (χ2n) is 10.2. The summed E-state index contributed by atoms with van der Waals surface area (Å²) < 4.78 is 7.32. The minimum atomic E-state index is -0.322. The Labute approximate surface area is 251 Å². The lowest BCUT2D eigenvalue weighted by atomic mass is 9.96. The number of aliphatic hydroxyl groups excluding tert-OH is 1. The van der Waals surface area contributed by atoms with E-state index in [0.29, 0.717) is 47.8 Å². The lowest BCUT2D eigenvalue weighted by Gasteiger charge is -2.17. The van der Waals surface area contributed by atoms with Gasteiger partial charge in [0.1, 0.15) is 30.6 Å². The van der Waals surface area contributed by atoms with Crippen LogP contribution in [0.2, 0.25) is 0 Å². The lowest BCUT2D eigenvalue weighted by molar-refractivity contribution is -0.113. The highest BCUT2D eigenvalue weighted by atomic mass is 16.6. The van der Waals surface area contributed by atoms with Gasteiger partial charge in [0, 0.05) is 24.6 Å². The molecule has 1 atom stereocenters. The van der Waals surface area contributed by atoms with Crippen LogP contribution in [0.25, 0.3) is 16.8 Å². The van der Waals surface area contributed by atoms with Crippen molar-refractivity contribution < 1.29 is 19.5 Å². The van der Waals surface area contributed by atoms with Crippen LogP contribution in [0.3, 0.4) is 0 Å². The Hall–Kier alpha value is -4.60. The Kier molecular flexibility index (Phi) is 11.0. The number of carbonyl (C=O) groups excluding carboxylic acids is 1. The van der Waals surface area contributed by atoms with E-state index < -0.39 is 0 Å². The Morgan fingerprint density at radius 1 is 1.09 bits per heavy atom. The SMILES string of the molecule is CCCc1nc(C)n(-c2ccc(OC(C)CO)cc2)c(=O)c1Cc1ccc(-c2ccccc2C(=NC)NOCC=O)cc1. The second-order valence-corrected chi connectivity index (χ2v) is 10.2. The van der Waals surface area contributed by atoms with E-state index in [9.17, 15) is 14.7 Å². The van der Waals surface area contributed by atoms with Gasteiger partial charge in [-0.1, -0.05) is 61.9 Å². The van der Waals surface area contributed by atoms with Crippen LogP contribution in [0.15, 0.2) is 82.6 Å². The monoisotopic (exact) mass is 582 g/mol. The number of hydroxylamine groups is 1. The van der Waals surface area contributed by atoms with Crippen molar-refractivity contribution in [1.29, 1.82) is 0 Å². The molecule has 1 unspecified atom stereocenters. The maximum absolute atomic E-state index is 14.0. The molecule has 4 aromatic rings. The smallest absolute Gasteiger partial charge is 0.261 e. The highest BCUT2D eigenvalue weighted by Crippen LogP contribution is 2.26. The molecular formula is C34H38N4O5. The summed E-state index contributed by atoms with van der Waals surface area (Å²) in [4.78, 5) is 38.9. The van der Waals surface area contributed by atoms with Crippen molar-refractivity contribution >= 4 is 12.1 Å². The molecule has 0 saturated carbocycles. The van der Waals surface area contributed by atoms with E-state index in [0.717, 1.165) is 34.4 Å².